The van der Waals surface area contributed by atoms with Crippen molar-refractivity contribution in [3.63, 3.8) is 0 Å². The molecule has 1 aromatic rings. The molecule has 2 aliphatic rings. The second-order valence-corrected chi connectivity index (χ2v) is 7.31. The molecule has 1 aromatic carbocycles. The number of nitrogens with two attached hydrogens (primary N) is 1. The molecule has 0 aromatic heterocycles. The summed E-state index contributed by atoms with van der Waals surface area (Å²) in [6, 6.07) is 8.87. The van der Waals surface area contributed by atoms with Gasteiger partial charge in [0.25, 0.3) is 0 Å². The third-order valence-electron chi connectivity index (χ3n) is 5.53. The van der Waals surface area contributed by atoms with Crippen molar-refractivity contribution >= 4 is 30.7 Å². The Kier molecular flexibility index (Phi) is 8.69. The van der Waals surface area contributed by atoms with E-state index in [1.807, 2.05) is 0 Å². The van der Waals surface area contributed by atoms with Gasteiger partial charge in [-0.25, -0.2) is 0 Å². The van der Waals surface area contributed by atoms with E-state index >= 15 is 0 Å². The Hall–Kier alpha value is -0.810. The first-order valence-electron chi connectivity index (χ1n) is 8.93. The van der Waals surface area contributed by atoms with Crippen LogP contribution in [0.1, 0.15) is 49.7 Å². The number of piperidine rings is 1. The van der Waals surface area contributed by atoms with Crippen LogP contribution in [0.15, 0.2) is 24.3 Å². The number of carbonyl (C=O) groups excluding carboxylic acids is 1. The lowest BCUT2D eigenvalue weighted by atomic mass is 9.96. The molecule has 0 spiro atoms. The zero-order valence-corrected chi connectivity index (χ0v) is 16.6. The van der Waals surface area contributed by atoms with E-state index in [0.717, 1.165) is 58.2 Å². The first-order chi connectivity index (χ1) is 11.1. The molecule has 1 aliphatic heterocycles. The maximum absolute atomic E-state index is 12.4. The van der Waals surface area contributed by atoms with Gasteiger partial charge >= 0.3 is 0 Å². The molecule has 0 bridgehead atoms. The zero-order chi connectivity index (χ0) is 16.3. The monoisotopic (exact) mass is 387 g/mol. The lowest BCUT2D eigenvalue weighted by Crippen LogP contribution is -2.56. The number of nitrogens with one attached hydrogen (secondary N) is 1. The molecule has 6 heteroatoms. The highest BCUT2D eigenvalue weighted by Gasteiger charge is 2.38. The first kappa shape index (κ1) is 22.2. The zero-order valence-electron chi connectivity index (χ0n) is 15.0. The van der Waals surface area contributed by atoms with Crippen LogP contribution in [0.2, 0.25) is 0 Å². The van der Waals surface area contributed by atoms with Crippen LogP contribution in [0.25, 0.3) is 0 Å². The van der Waals surface area contributed by atoms with Crippen LogP contribution in [0.5, 0.6) is 0 Å². The summed E-state index contributed by atoms with van der Waals surface area (Å²) >= 11 is 0. The van der Waals surface area contributed by atoms with Crippen molar-refractivity contribution in [3.05, 3.63) is 35.4 Å². The Morgan fingerprint density at radius 3 is 2.40 bits per heavy atom. The van der Waals surface area contributed by atoms with Crippen molar-refractivity contribution < 1.29 is 4.79 Å². The third-order valence-corrected chi connectivity index (χ3v) is 5.53. The predicted octanol–water partition coefficient (Wildman–Crippen LogP) is 3.19. The molecule has 0 atom stereocenters. The Bertz CT molecular complexity index is 553. The van der Waals surface area contributed by atoms with E-state index in [-0.39, 0.29) is 36.8 Å². The fraction of sp³-hybridized carbons (Fsp3) is 0.632. The average Bonchev–Trinajstić information content (AvgIpc) is 3.00. The second kappa shape index (κ2) is 9.77. The van der Waals surface area contributed by atoms with Crippen LogP contribution in [0.4, 0.5) is 0 Å². The molecule has 0 radical (unpaired) electrons. The highest BCUT2D eigenvalue weighted by molar-refractivity contribution is 5.86. The molecule has 1 saturated heterocycles. The second-order valence-electron chi connectivity index (χ2n) is 7.31. The number of hydrogen-bond acceptors (Lipinski definition) is 3. The summed E-state index contributed by atoms with van der Waals surface area (Å²) in [4.78, 5) is 14.9. The van der Waals surface area contributed by atoms with Crippen molar-refractivity contribution in [1.29, 1.82) is 0 Å². The minimum atomic E-state index is -0.599. The van der Waals surface area contributed by atoms with Gasteiger partial charge in [-0.1, -0.05) is 37.1 Å². The van der Waals surface area contributed by atoms with E-state index in [0.29, 0.717) is 0 Å². The third kappa shape index (κ3) is 5.58. The lowest BCUT2D eigenvalue weighted by molar-refractivity contribution is -0.127. The molecule has 1 saturated carbocycles. The molecule has 1 amide bonds. The first-order valence-corrected chi connectivity index (χ1v) is 8.93. The summed E-state index contributed by atoms with van der Waals surface area (Å²) < 4.78 is 0. The molecule has 142 valence electrons. The number of rotatable bonds is 4. The SMILES string of the molecule is Cc1ccccc1CN1CCC(NC(=O)C2(N)CCCC2)CC1.Cl.Cl. The van der Waals surface area contributed by atoms with Crippen LogP contribution in [-0.4, -0.2) is 35.5 Å². The van der Waals surface area contributed by atoms with E-state index < -0.39 is 5.54 Å². The summed E-state index contributed by atoms with van der Waals surface area (Å²) in [5.74, 6) is 0.0763. The van der Waals surface area contributed by atoms with Gasteiger partial charge in [0, 0.05) is 25.7 Å². The van der Waals surface area contributed by atoms with Crippen LogP contribution in [0, 0.1) is 6.92 Å². The van der Waals surface area contributed by atoms with Crippen LogP contribution in [-0.2, 0) is 11.3 Å². The number of amides is 1. The standard InChI is InChI=1S/C19H29N3O.2ClH/c1-15-6-2-3-7-16(15)14-22-12-8-17(9-13-22)21-18(23)19(20)10-4-5-11-19;;/h2-3,6-7,17H,4-5,8-14,20H2,1H3,(H,21,23);2*1H. The molecule has 25 heavy (non-hydrogen) atoms. The van der Waals surface area contributed by atoms with Gasteiger partial charge in [0.2, 0.25) is 5.91 Å². The fourth-order valence-electron chi connectivity index (χ4n) is 3.83. The number of carbonyl (C=O) groups is 1. The molecular formula is C19H31Cl2N3O. The summed E-state index contributed by atoms with van der Waals surface area (Å²) in [6.45, 7) is 5.26. The Labute approximate surface area is 163 Å². The molecule has 2 fully saturated rings. The number of aryl methyl sites for hydroxylation is 1. The highest BCUT2D eigenvalue weighted by atomic mass is 35.5. The largest absolute Gasteiger partial charge is 0.352 e. The van der Waals surface area contributed by atoms with Crippen LogP contribution >= 0.6 is 24.8 Å². The highest BCUT2D eigenvalue weighted by Crippen LogP contribution is 2.27. The lowest BCUT2D eigenvalue weighted by Gasteiger charge is -2.34. The van der Waals surface area contributed by atoms with E-state index in [4.69, 9.17) is 5.73 Å². The number of halogens is 2. The van der Waals surface area contributed by atoms with E-state index in [2.05, 4.69) is 41.4 Å². The summed E-state index contributed by atoms with van der Waals surface area (Å²) in [5.41, 5.74) is 8.40. The molecule has 0 unspecified atom stereocenters. The molecule has 1 heterocycles. The topological polar surface area (TPSA) is 58.4 Å². The maximum Gasteiger partial charge on any atom is 0.240 e. The van der Waals surface area contributed by atoms with Gasteiger partial charge in [0.05, 0.1) is 5.54 Å². The van der Waals surface area contributed by atoms with Gasteiger partial charge in [-0.3, -0.25) is 9.69 Å². The molecule has 3 rings (SSSR count). The van der Waals surface area contributed by atoms with Crippen molar-refractivity contribution in [2.45, 2.75) is 63.6 Å². The van der Waals surface area contributed by atoms with E-state index in [1.54, 1.807) is 0 Å². The molecule has 4 nitrogen and oxygen atoms in total. The normalized spacial score (nSPS) is 20.4. The van der Waals surface area contributed by atoms with Crippen molar-refractivity contribution in [2.75, 3.05) is 13.1 Å². The van der Waals surface area contributed by atoms with Crippen LogP contribution < -0.4 is 11.1 Å². The minimum Gasteiger partial charge on any atom is -0.352 e. The maximum atomic E-state index is 12.4. The van der Waals surface area contributed by atoms with Gasteiger partial charge in [0.1, 0.15) is 0 Å². The van der Waals surface area contributed by atoms with Gasteiger partial charge in [-0.15, -0.1) is 24.8 Å². The summed E-state index contributed by atoms with van der Waals surface area (Å²) in [5, 5.41) is 3.21. The van der Waals surface area contributed by atoms with Crippen molar-refractivity contribution in [1.82, 2.24) is 10.2 Å². The number of benzene rings is 1. The van der Waals surface area contributed by atoms with Gasteiger partial charge in [-0.2, -0.15) is 0 Å². The quantitative estimate of drug-likeness (QED) is 0.833. The van der Waals surface area contributed by atoms with Crippen molar-refractivity contribution in [2.24, 2.45) is 5.73 Å². The predicted molar refractivity (Wildman–Crippen MR) is 108 cm³/mol. The average molecular weight is 388 g/mol. The minimum absolute atomic E-state index is 0. The summed E-state index contributed by atoms with van der Waals surface area (Å²) in [7, 11) is 0. The van der Waals surface area contributed by atoms with E-state index in [1.165, 1.54) is 11.1 Å². The number of nitrogens with zero attached hydrogens (tertiary/aromatic N) is 1. The Balaban J connectivity index is 0.00000156. The summed E-state index contributed by atoms with van der Waals surface area (Å²) in [6.07, 6.45) is 5.88. The Morgan fingerprint density at radius 2 is 1.80 bits per heavy atom. The number of hydrogen-bond donors (Lipinski definition) is 2. The van der Waals surface area contributed by atoms with Gasteiger partial charge in [0.15, 0.2) is 0 Å². The van der Waals surface area contributed by atoms with Crippen molar-refractivity contribution in [3.8, 4) is 0 Å². The molecule has 3 N–H and O–H groups in total. The smallest absolute Gasteiger partial charge is 0.240 e. The molecular weight excluding hydrogens is 357 g/mol. The fourth-order valence-corrected chi connectivity index (χ4v) is 3.83. The van der Waals surface area contributed by atoms with Gasteiger partial charge < -0.3 is 11.1 Å². The molecule has 1 aliphatic carbocycles. The van der Waals surface area contributed by atoms with Gasteiger partial charge in [-0.05, 0) is 43.7 Å². The Morgan fingerprint density at radius 1 is 1.20 bits per heavy atom. The number of likely N-dealkylation sites (tertiary alicyclic amines) is 1. The van der Waals surface area contributed by atoms with E-state index in [9.17, 15) is 4.79 Å². The van der Waals surface area contributed by atoms with Crippen LogP contribution in [0.3, 0.4) is 0 Å².